The van der Waals surface area contributed by atoms with Crippen molar-refractivity contribution in [2.75, 3.05) is 26.3 Å². The van der Waals surface area contributed by atoms with Crippen LogP contribution in [0.15, 0.2) is 18.2 Å². The summed E-state index contributed by atoms with van der Waals surface area (Å²) in [5.41, 5.74) is 1.32. The minimum absolute atomic E-state index is 0.0874. The summed E-state index contributed by atoms with van der Waals surface area (Å²) in [6.45, 7) is 3.57. The maximum Gasteiger partial charge on any atom is 0.262 e. The van der Waals surface area contributed by atoms with Crippen molar-refractivity contribution in [2.45, 2.75) is 37.4 Å². The Morgan fingerprint density at radius 1 is 1.20 bits per heavy atom. The molecule has 0 bridgehead atoms. The van der Waals surface area contributed by atoms with Crippen LogP contribution >= 0.6 is 0 Å². The summed E-state index contributed by atoms with van der Waals surface area (Å²) >= 11 is 0. The van der Waals surface area contributed by atoms with Crippen LogP contribution in [0.4, 0.5) is 0 Å². The van der Waals surface area contributed by atoms with E-state index in [-0.39, 0.29) is 24.3 Å². The number of hydrogen-bond acceptors (Lipinski definition) is 7. The van der Waals surface area contributed by atoms with E-state index in [1.807, 2.05) is 6.07 Å². The lowest BCUT2D eigenvalue weighted by molar-refractivity contribution is -0.136. The van der Waals surface area contributed by atoms with Gasteiger partial charge >= 0.3 is 0 Å². The lowest BCUT2D eigenvalue weighted by atomic mass is 9.82. The molecule has 4 aliphatic rings. The zero-order chi connectivity index (χ0) is 20.9. The Morgan fingerprint density at radius 3 is 2.90 bits per heavy atom. The fourth-order valence-corrected chi connectivity index (χ4v) is 5.10. The molecule has 158 valence electrons. The molecule has 1 aromatic rings. The highest BCUT2D eigenvalue weighted by Crippen LogP contribution is 2.33. The number of fused-ring (bicyclic) bond motifs is 2. The average Bonchev–Trinajstić information content (AvgIpc) is 3.27. The van der Waals surface area contributed by atoms with Gasteiger partial charge in [-0.15, -0.1) is 0 Å². The number of benzene rings is 1. The number of rotatable bonds is 4. The van der Waals surface area contributed by atoms with Crippen molar-refractivity contribution in [1.82, 2.24) is 20.9 Å². The van der Waals surface area contributed by atoms with Crippen LogP contribution in [-0.4, -0.2) is 66.4 Å². The Labute approximate surface area is 173 Å². The number of piperidine rings is 1. The molecule has 5 rings (SSSR count). The topological polar surface area (TPSA) is 117 Å². The van der Waals surface area contributed by atoms with E-state index in [1.54, 1.807) is 12.1 Å². The Morgan fingerprint density at radius 2 is 2.07 bits per heavy atom. The van der Waals surface area contributed by atoms with Gasteiger partial charge in [-0.25, -0.2) is 0 Å². The van der Waals surface area contributed by atoms with Crippen LogP contribution in [0, 0.1) is 5.92 Å². The number of carbonyl (C=O) groups excluding carboxylic acids is 4. The Kier molecular flexibility index (Phi) is 4.68. The van der Waals surface area contributed by atoms with Gasteiger partial charge in [-0.3, -0.25) is 29.4 Å². The third-order valence-electron chi connectivity index (χ3n) is 6.81. The summed E-state index contributed by atoms with van der Waals surface area (Å²) in [7, 11) is 0. The predicted octanol–water partition coefficient (Wildman–Crippen LogP) is -0.444. The molecule has 3 saturated heterocycles. The minimum Gasteiger partial charge on any atom is -0.381 e. The number of nitrogens with zero attached hydrogens (tertiary/aromatic N) is 1. The van der Waals surface area contributed by atoms with Crippen LogP contribution < -0.4 is 16.0 Å². The Balaban J connectivity index is 1.40. The monoisotopic (exact) mass is 412 g/mol. The average molecular weight is 412 g/mol. The van der Waals surface area contributed by atoms with Gasteiger partial charge in [0, 0.05) is 44.1 Å². The van der Waals surface area contributed by atoms with Crippen molar-refractivity contribution in [3.8, 4) is 0 Å². The molecule has 9 heteroatoms. The first kappa shape index (κ1) is 19.3. The predicted molar refractivity (Wildman–Crippen MR) is 104 cm³/mol. The molecule has 1 aromatic carbocycles. The molecule has 0 spiro atoms. The second-order valence-corrected chi connectivity index (χ2v) is 8.45. The first-order valence-electron chi connectivity index (χ1n) is 10.4. The van der Waals surface area contributed by atoms with Gasteiger partial charge < -0.3 is 15.4 Å². The normalized spacial score (nSPS) is 31.0. The fourth-order valence-electron chi connectivity index (χ4n) is 5.10. The van der Waals surface area contributed by atoms with E-state index in [2.05, 4.69) is 16.0 Å². The van der Waals surface area contributed by atoms with E-state index in [0.717, 1.165) is 30.0 Å². The maximum absolute atomic E-state index is 13.2. The molecular weight excluding hydrogens is 388 g/mol. The SMILES string of the molecule is O=C1CCC(N2C(=O)c3cccc(CNC45CCOCC4CNC5)c3C2=O)C(=O)N1. The molecule has 4 amide bonds. The quantitative estimate of drug-likeness (QED) is 0.574. The first-order valence-corrected chi connectivity index (χ1v) is 10.4. The molecule has 0 radical (unpaired) electrons. The molecule has 4 heterocycles. The maximum atomic E-state index is 13.2. The third kappa shape index (κ3) is 2.96. The highest BCUT2D eigenvalue weighted by Gasteiger charge is 2.47. The van der Waals surface area contributed by atoms with Crippen LogP contribution in [0.3, 0.4) is 0 Å². The molecule has 3 atom stereocenters. The summed E-state index contributed by atoms with van der Waals surface area (Å²) < 4.78 is 5.62. The molecule has 0 aliphatic carbocycles. The summed E-state index contributed by atoms with van der Waals surface area (Å²) in [6.07, 6.45) is 1.15. The molecule has 4 aliphatic heterocycles. The Hall–Kier alpha value is -2.62. The van der Waals surface area contributed by atoms with Gasteiger partial charge in [0.05, 0.1) is 17.7 Å². The second kappa shape index (κ2) is 7.26. The Bertz CT molecular complexity index is 947. The van der Waals surface area contributed by atoms with Gasteiger partial charge in [0.15, 0.2) is 0 Å². The minimum atomic E-state index is -0.951. The van der Waals surface area contributed by atoms with Crippen LogP contribution in [0.5, 0.6) is 0 Å². The van der Waals surface area contributed by atoms with E-state index in [0.29, 0.717) is 36.8 Å². The number of ether oxygens (including phenoxy) is 1. The van der Waals surface area contributed by atoms with Gasteiger partial charge in [-0.05, 0) is 24.5 Å². The van der Waals surface area contributed by atoms with Crippen molar-refractivity contribution in [3.63, 3.8) is 0 Å². The van der Waals surface area contributed by atoms with Crippen molar-refractivity contribution in [1.29, 1.82) is 0 Å². The first-order chi connectivity index (χ1) is 14.5. The summed E-state index contributed by atoms with van der Waals surface area (Å²) in [4.78, 5) is 50.9. The number of amides is 4. The van der Waals surface area contributed by atoms with Crippen molar-refractivity contribution >= 4 is 23.6 Å². The third-order valence-corrected chi connectivity index (χ3v) is 6.81. The van der Waals surface area contributed by atoms with Gasteiger partial charge in [0.25, 0.3) is 11.8 Å². The molecule has 0 aromatic heterocycles. The zero-order valence-corrected chi connectivity index (χ0v) is 16.5. The van der Waals surface area contributed by atoms with Crippen LogP contribution in [-0.2, 0) is 20.9 Å². The molecule has 9 nitrogen and oxygen atoms in total. The van der Waals surface area contributed by atoms with Crippen molar-refractivity contribution < 1.29 is 23.9 Å². The fraction of sp³-hybridized carbons (Fsp3) is 0.524. The van der Waals surface area contributed by atoms with E-state index in [4.69, 9.17) is 4.74 Å². The van der Waals surface area contributed by atoms with E-state index >= 15 is 0 Å². The van der Waals surface area contributed by atoms with E-state index in [9.17, 15) is 19.2 Å². The molecule has 3 fully saturated rings. The smallest absolute Gasteiger partial charge is 0.262 e. The number of carbonyl (C=O) groups is 4. The lowest BCUT2D eigenvalue weighted by Crippen LogP contribution is -2.55. The number of hydrogen-bond donors (Lipinski definition) is 3. The summed E-state index contributed by atoms with van der Waals surface area (Å²) in [5, 5.41) is 9.29. The number of imide groups is 2. The van der Waals surface area contributed by atoms with Gasteiger partial charge in [-0.1, -0.05) is 12.1 Å². The molecule has 3 N–H and O–H groups in total. The van der Waals surface area contributed by atoms with Crippen molar-refractivity contribution in [2.24, 2.45) is 5.92 Å². The highest BCUT2D eigenvalue weighted by molar-refractivity contribution is 6.24. The van der Waals surface area contributed by atoms with Gasteiger partial charge in [0.2, 0.25) is 11.8 Å². The van der Waals surface area contributed by atoms with Crippen LogP contribution in [0.2, 0.25) is 0 Å². The van der Waals surface area contributed by atoms with Gasteiger partial charge in [0.1, 0.15) is 6.04 Å². The molecule has 0 saturated carbocycles. The van der Waals surface area contributed by atoms with Crippen LogP contribution in [0.1, 0.15) is 45.5 Å². The van der Waals surface area contributed by atoms with Gasteiger partial charge in [-0.2, -0.15) is 0 Å². The second-order valence-electron chi connectivity index (χ2n) is 8.45. The standard InChI is InChI=1S/C21H24N4O5/c26-16-5-4-15(18(27)24-16)25-19(28)14-3-1-2-12(17(14)20(25)29)8-23-21-6-7-30-10-13(21)9-22-11-21/h1-3,13,15,22-23H,4-11H2,(H,24,26,27). The number of nitrogens with one attached hydrogen (secondary N) is 3. The summed E-state index contributed by atoms with van der Waals surface area (Å²) in [6, 6.07) is 4.28. The van der Waals surface area contributed by atoms with Crippen molar-refractivity contribution in [3.05, 3.63) is 34.9 Å². The lowest BCUT2D eigenvalue weighted by Gasteiger charge is -2.39. The zero-order valence-electron chi connectivity index (χ0n) is 16.5. The highest BCUT2D eigenvalue weighted by atomic mass is 16.5. The molecule has 30 heavy (non-hydrogen) atoms. The molecular formula is C21H24N4O5. The summed E-state index contributed by atoms with van der Waals surface area (Å²) in [5.74, 6) is -1.56. The largest absolute Gasteiger partial charge is 0.381 e. The van der Waals surface area contributed by atoms with Crippen LogP contribution in [0.25, 0.3) is 0 Å². The van der Waals surface area contributed by atoms with E-state index in [1.165, 1.54) is 0 Å². The molecule has 3 unspecified atom stereocenters. The van der Waals surface area contributed by atoms with E-state index < -0.39 is 23.8 Å².